The van der Waals surface area contributed by atoms with E-state index in [-0.39, 0.29) is 5.60 Å². The van der Waals surface area contributed by atoms with Gasteiger partial charge in [0.1, 0.15) is 0 Å². The van der Waals surface area contributed by atoms with E-state index in [1.54, 1.807) is 0 Å². The molecule has 0 rings (SSSR count). The molecule has 0 aromatic rings. The van der Waals surface area contributed by atoms with Gasteiger partial charge >= 0.3 is 0 Å². The molecular formula is C14H30O. The number of hydrogen-bond donors (Lipinski definition) is 0. The van der Waals surface area contributed by atoms with Gasteiger partial charge in [-0.05, 0) is 33.6 Å². The molecule has 1 unspecified atom stereocenters. The first-order valence-corrected chi connectivity index (χ1v) is 6.67. The van der Waals surface area contributed by atoms with Crippen LogP contribution in [0.1, 0.15) is 79.6 Å². The summed E-state index contributed by atoms with van der Waals surface area (Å²) in [6.07, 6.45) is 9.65. The lowest BCUT2D eigenvalue weighted by molar-refractivity contribution is -0.0649. The maximum atomic E-state index is 5.99. The molecule has 92 valence electrons. The van der Waals surface area contributed by atoms with Gasteiger partial charge in [-0.15, -0.1) is 0 Å². The van der Waals surface area contributed by atoms with Gasteiger partial charge in [0.25, 0.3) is 0 Å². The molecule has 0 aromatic heterocycles. The number of unbranched alkanes of at least 4 members (excludes halogenated alkanes) is 4. The van der Waals surface area contributed by atoms with Gasteiger partial charge in [-0.1, -0.05) is 46.0 Å². The van der Waals surface area contributed by atoms with Crippen LogP contribution in [0.2, 0.25) is 0 Å². The van der Waals surface area contributed by atoms with Crippen LogP contribution in [0.25, 0.3) is 0 Å². The van der Waals surface area contributed by atoms with Crippen molar-refractivity contribution in [2.75, 3.05) is 0 Å². The van der Waals surface area contributed by atoms with E-state index in [2.05, 4.69) is 34.6 Å². The highest BCUT2D eigenvalue weighted by Crippen LogP contribution is 2.18. The van der Waals surface area contributed by atoms with Crippen LogP contribution >= 0.6 is 0 Å². The standard InChI is InChI=1S/C14H30O/c1-6-8-9-10-11-12-13(7-2)15-14(3,4)5/h13H,6-12H2,1-5H3. The van der Waals surface area contributed by atoms with Gasteiger partial charge in [-0.25, -0.2) is 0 Å². The van der Waals surface area contributed by atoms with Gasteiger partial charge in [-0.2, -0.15) is 0 Å². The van der Waals surface area contributed by atoms with Crippen LogP contribution in [0.5, 0.6) is 0 Å². The number of ether oxygens (including phenoxy) is 1. The largest absolute Gasteiger partial charge is 0.373 e. The summed E-state index contributed by atoms with van der Waals surface area (Å²) in [4.78, 5) is 0. The van der Waals surface area contributed by atoms with Gasteiger partial charge in [-0.3, -0.25) is 0 Å². The summed E-state index contributed by atoms with van der Waals surface area (Å²) in [5.41, 5.74) is 0.0180. The smallest absolute Gasteiger partial charge is 0.0602 e. The van der Waals surface area contributed by atoms with Gasteiger partial charge in [0, 0.05) is 0 Å². The van der Waals surface area contributed by atoms with Crippen LogP contribution in [0.3, 0.4) is 0 Å². The lowest BCUT2D eigenvalue weighted by Crippen LogP contribution is -2.26. The minimum absolute atomic E-state index is 0.0180. The van der Waals surface area contributed by atoms with E-state index in [9.17, 15) is 0 Å². The zero-order valence-electron chi connectivity index (χ0n) is 11.4. The van der Waals surface area contributed by atoms with E-state index < -0.39 is 0 Å². The average molecular weight is 214 g/mol. The molecule has 0 amide bonds. The number of hydrogen-bond acceptors (Lipinski definition) is 1. The van der Waals surface area contributed by atoms with Crippen molar-refractivity contribution >= 4 is 0 Å². The van der Waals surface area contributed by atoms with Crippen LogP contribution in [0.4, 0.5) is 0 Å². The van der Waals surface area contributed by atoms with E-state index in [0.717, 1.165) is 6.42 Å². The predicted octanol–water partition coefficient (Wildman–Crippen LogP) is 4.94. The molecule has 1 heteroatoms. The second-order valence-corrected chi connectivity index (χ2v) is 5.46. The predicted molar refractivity (Wildman–Crippen MR) is 68.3 cm³/mol. The molecule has 0 aromatic carbocycles. The highest BCUT2D eigenvalue weighted by molar-refractivity contribution is 4.65. The quantitative estimate of drug-likeness (QED) is 0.520. The molecule has 0 saturated heterocycles. The summed E-state index contributed by atoms with van der Waals surface area (Å²) in [6, 6.07) is 0. The Bertz CT molecular complexity index is 135. The van der Waals surface area contributed by atoms with Crippen LogP contribution in [-0.4, -0.2) is 11.7 Å². The fraction of sp³-hybridized carbons (Fsp3) is 1.00. The maximum absolute atomic E-state index is 5.99. The van der Waals surface area contributed by atoms with Crippen molar-refractivity contribution in [1.29, 1.82) is 0 Å². The fourth-order valence-corrected chi connectivity index (χ4v) is 1.82. The van der Waals surface area contributed by atoms with E-state index in [4.69, 9.17) is 4.74 Å². The third kappa shape index (κ3) is 10.2. The Labute approximate surface area is 96.6 Å². The summed E-state index contributed by atoms with van der Waals surface area (Å²) in [7, 11) is 0. The molecule has 0 fully saturated rings. The molecule has 1 atom stereocenters. The van der Waals surface area contributed by atoms with Crippen LogP contribution in [0, 0.1) is 0 Å². The molecule has 0 aliphatic heterocycles. The zero-order chi connectivity index (χ0) is 11.7. The molecule has 0 heterocycles. The van der Waals surface area contributed by atoms with Gasteiger partial charge in [0.15, 0.2) is 0 Å². The lowest BCUT2D eigenvalue weighted by atomic mass is 10.1. The third-order valence-electron chi connectivity index (χ3n) is 2.61. The topological polar surface area (TPSA) is 9.23 Å². The van der Waals surface area contributed by atoms with Crippen molar-refractivity contribution in [3.8, 4) is 0 Å². The van der Waals surface area contributed by atoms with E-state index in [1.165, 1.54) is 38.5 Å². The molecule has 0 aliphatic rings. The zero-order valence-corrected chi connectivity index (χ0v) is 11.4. The van der Waals surface area contributed by atoms with E-state index in [1.807, 2.05) is 0 Å². The second-order valence-electron chi connectivity index (χ2n) is 5.46. The van der Waals surface area contributed by atoms with Gasteiger partial charge in [0.05, 0.1) is 11.7 Å². The minimum atomic E-state index is 0.0180. The van der Waals surface area contributed by atoms with Gasteiger partial charge in [0.2, 0.25) is 0 Å². The first-order chi connectivity index (χ1) is 6.99. The lowest BCUT2D eigenvalue weighted by Gasteiger charge is -2.27. The summed E-state index contributed by atoms with van der Waals surface area (Å²) in [5.74, 6) is 0. The summed E-state index contributed by atoms with van der Waals surface area (Å²) in [5, 5.41) is 0. The third-order valence-corrected chi connectivity index (χ3v) is 2.61. The second kappa shape index (κ2) is 8.15. The van der Waals surface area contributed by atoms with Crippen molar-refractivity contribution in [2.45, 2.75) is 91.3 Å². The summed E-state index contributed by atoms with van der Waals surface area (Å²) >= 11 is 0. The first-order valence-electron chi connectivity index (χ1n) is 6.67. The molecule has 0 radical (unpaired) electrons. The Morgan fingerprint density at radius 2 is 1.53 bits per heavy atom. The maximum Gasteiger partial charge on any atom is 0.0602 e. The molecule has 1 nitrogen and oxygen atoms in total. The molecular weight excluding hydrogens is 184 g/mol. The normalized spacial score (nSPS) is 14.2. The fourth-order valence-electron chi connectivity index (χ4n) is 1.82. The van der Waals surface area contributed by atoms with Gasteiger partial charge < -0.3 is 4.74 Å². The molecule has 15 heavy (non-hydrogen) atoms. The van der Waals surface area contributed by atoms with Crippen molar-refractivity contribution in [3.63, 3.8) is 0 Å². The summed E-state index contributed by atoms with van der Waals surface area (Å²) < 4.78 is 5.99. The first kappa shape index (κ1) is 15.0. The Morgan fingerprint density at radius 3 is 2.00 bits per heavy atom. The Hall–Kier alpha value is -0.0400. The van der Waals surface area contributed by atoms with E-state index >= 15 is 0 Å². The average Bonchev–Trinajstić information content (AvgIpc) is 2.14. The molecule has 0 N–H and O–H groups in total. The monoisotopic (exact) mass is 214 g/mol. The van der Waals surface area contributed by atoms with Crippen molar-refractivity contribution in [2.24, 2.45) is 0 Å². The SMILES string of the molecule is CCCCCCCC(CC)OC(C)(C)C. The Kier molecular flexibility index (Phi) is 8.13. The highest BCUT2D eigenvalue weighted by atomic mass is 16.5. The summed E-state index contributed by atoms with van der Waals surface area (Å²) in [6.45, 7) is 10.9. The van der Waals surface area contributed by atoms with Crippen molar-refractivity contribution in [3.05, 3.63) is 0 Å². The molecule has 0 saturated carbocycles. The van der Waals surface area contributed by atoms with Crippen LogP contribution in [-0.2, 0) is 4.74 Å². The number of rotatable bonds is 8. The Morgan fingerprint density at radius 1 is 0.933 bits per heavy atom. The van der Waals surface area contributed by atoms with Crippen LogP contribution in [0.15, 0.2) is 0 Å². The Balaban J connectivity index is 3.53. The van der Waals surface area contributed by atoms with Crippen molar-refractivity contribution < 1.29 is 4.74 Å². The minimum Gasteiger partial charge on any atom is -0.373 e. The van der Waals surface area contributed by atoms with Crippen LogP contribution < -0.4 is 0 Å². The molecule has 0 bridgehead atoms. The molecule has 0 spiro atoms. The molecule has 0 aliphatic carbocycles. The highest BCUT2D eigenvalue weighted by Gasteiger charge is 2.16. The van der Waals surface area contributed by atoms with E-state index in [0.29, 0.717) is 6.10 Å². The van der Waals surface area contributed by atoms with Crippen molar-refractivity contribution in [1.82, 2.24) is 0 Å².